The lowest BCUT2D eigenvalue weighted by Gasteiger charge is -2.39. The van der Waals surface area contributed by atoms with Gasteiger partial charge >= 0.3 is 0 Å². The number of aromatic nitrogens is 3. The van der Waals surface area contributed by atoms with Gasteiger partial charge in [-0.3, -0.25) is 19.2 Å². The maximum Gasteiger partial charge on any atom is 0.224 e. The fraction of sp³-hybridized carbons (Fsp3) is 0.520. The molecule has 0 spiro atoms. The molecule has 0 amide bonds. The number of nitrogens with zero attached hydrogens (tertiary/aromatic N) is 6. The van der Waals surface area contributed by atoms with E-state index in [9.17, 15) is 0 Å². The van der Waals surface area contributed by atoms with Gasteiger partial charge in [-0.05, 0) is 64.4 Å². The van der Waals surface area contributed by atoms with Gasteiger partial charge in [0, 0.05) is 38.4 Å². The third-order valence-corrected chi connectivity index (χ3v) is 7.64. The highest BCUT2D eigenvalue weighted by molar-refractivity contribution is 6.31. The Kier molecular flexibility index (Phi) is 6.29. The van der Waals surface area contributed by atoms with E-state index in [0.717, 1.165) is 57.0 Å². The van der Waals surface area contributed by atoms with Crippen molar-refractivity contribution < 1.29 is 4.39 Å². The van der Waals surface area contributed by atoms with E-state index in [-0.39, 0.29) is 18.0 Å². The number of imidazole rings is 1. The van der Waals surface area contributed by atoms with Crippen LogP contribution < -0.4 is 4.90 Å². The molecule has 3 aromatic rings. The molecular formula is C25H32ClFN6. The lowest BCUT2D eigenvalue weighted by atomic mass is 9.92. The van der Waals surface area contributed by atoms with Crippen molar-refractivity contribution in [2.45, 2.75) is 51.2 Å². The summed E-state index contributed by atoms with van der Waals surface area (Å²) >= 11 is 6.46. The number of anilines is 1. The van der Waals surface area contributed by atoms with Crippen molar-refractivity contribution in [3.05, 3.63) is 58.9 Å². The molecule has 5 heterocycles. The minimum Gasteiger partial charge on any atom is -0.355 e. The number of rotatable bonds is 4. The number of hydrogen-bond acceptors (Lipinski definition) is 5. The lowest BCUT2D eigenvalue weighted by Crippen LogP contribution is -2.49. The molecular weight excluding hydrogens is 439 g/mol. The standard InChI is InChI=1S/C25H32ClFN6/c1-17(2)31-13-15-32(16-14-31)22-11-5-10-21-29-24(25(27)33(21)22)20-9-4-8-19(30(20)3)23-18(26)7-6-12-28-23/h5-7,10-12,17,19-20H,4,8-9,13-16H2,1-3H3/t19-,20+/m0/s1. The SMILES string of the molecule is CC(C)N1CCN(c2cccc3nc([C@H]4CCC[C@@H](c5ncccc5Cl)N4C)c(F)n23)CC1. The molecule has 0 bridgehead atoms. The van der Waals surface area contributed by atoms with Gasteiger partial charge in [0.05, 0.1) is 22.8 Å². The number of fused-ring (bicyclic) bond motifs is 1. The van der Waals surface area contributed by atoms with Gasteiger partial charge < -0.3 is 4.90 Å². The number of hydrogen-bond donors (Lipinski definition) is 0. The van der Waals surface area contributed by atoms with Crippen LogP contribution in [0.1, 0.15) is 56.6 Å². The van der Waals surface area contributed by atoms with E-state index in [1.807, 2.05) is 37.4 Å². The first-order valence-electron chi connectivity index (χ1n) is 11.9. The van der Waals surface area contributed by atoms with Gasteiger partial charge in [-0.25, -0.2) is 4.98 Å². The number of halogens is 2. The second-order valence-corrected chi connectivity index (χ2v) is 9.89. The molecule has 0 radical (unpaired) electrons. The van der Waals surface area contributed by atoms with Crippen molar-refractivity contribution >= 4 is 23.1 Å². The lowest BCUT2D eigenvalue weighted by molar-refractivity contribution is 0.107. The molecule has 0 aromatic carbocycles. The summed E-state index contributed by atoms with van der Waals surface area (Å²) in [5.41, 5.74) is 2.04. The van der Waals surface area contributed by atoms with Crippen LogP contribution in [0.3, 0.4) is 0 Å². The van der Waals surface area contributed by atoms with Gasteiger partial charge in [-0.1, -0.05) is 17.7 Å². The topological polar surface area (TPSA) is 39.9 Å². The highest BCUT2D eigenvalue weighted by Crippen LogP contribution is 2.42. The van der Waals surface area contributed by atoms with Crippen molar-refractivity contribution in [1.82, 2.24) is 24.2 Å². The summed E-state index contributed by atoms with van der Waals surface area (Å²) in [6.45, 7) is 8.18. The van der Waals surface area contributed by atoms with Crippen molar-refractivity contribution in [1.29, 1.82) is 0 Å². The van der Waals surface area contributed by atoms with Crippen LogP contribution in [0.4, 0.5) is 10.2 Å². The average Bonchev–Trinajstić information content (AvgIpc) is 3.16. The fourth-order valence-electron chi connectivity index (χ4n) is 5.42. The highest BCUT2D eigenvalue weighted by Gasteiger charge is 2.35. The summed E-state index contributed by atoms with van der Waals surface area (Å²) < 4.78 is 17.7. The molecule has 8 heteroatoms. The van der Waals surface area contributed by atoms with Crippen LogP contribution in [0, 0.1) is 5.95 Å². The Bertz CT molecular complexity index is 1120. The Labute approximate surface area is 200 Å². The fourth-order valence-corrected chi connectivity index (χ4v) is 5.66. The number of pyridine rings is 2. The molecule has 0 N–H and O–H groups in total. The van der Waals surface area contributed by atoms with Crippen LogP contribution in [0.25, 0.3) is 5.65 Å². The molecule has 2 fully saturated rings. The van der Waals surface area contributed by atoms with Crippen molar-refractivity contribution in [3.8, 4) is 0 Å². The Morgan fingerprint density at radius 1 is 1.00 bits per heavy atom. The van der Waals surface area contributed by atoms with Crippen molar-refractivity contribution in [2.75, 3.05) is 38.1 Å². The monoisotopic (exact) mass is 470 g/mol. The van der Waals surface area contributed by atoms with E-state index in [1.54, 1.807) is 10.6 Å². The van der Waals surface area contributed by atoms with Gasteiger partial charge in [0.15, 0.2) is 0 Å². The molecule has 33 heavy (non-hydrogen) atoms. The van der Waals surface area contributed by atoms with Gasteiger partial charge in [0.25, 0.3) is 0 Å². The first-order chi connectivity index (χ1) is 16.0. The van der Waals surface area contributed by atoms with Crippen LogP contribution in [-0.2, 0) is 0 Å². The van der Waals surface area contributed by atoms with Gasteiger partial charge in [-0.15, -0.1) is 0 Å². The Morgan fingerprint density at radius 2 is 1.73 bits per heavy atom. The molecule has 3 aromatic heterocycles. The second-order valence-electron chi connectivity index (χ2n) is 9.48. The molecule has 5 rings (SSSR count). The van der Waals surface area contributed by atoms with E-state index in [1.165, 1.54) is 0 Å². The minimum atomic E-state index is -0.253. The summed E-state index contributed by atoms with van der Waals surface area (Å²) in [7, 11) is 2.04. The van der Waals surface area contributed by atoms with E-state index >= 15 is 4.39 Å². The van der Waals surface area contributed by atoms with Crippen molar-refractivity contribution in [2.24, 2.45) is 0 Å². The normalized spacial score (nSPS) is 23.0. The largest absolute Gasteiger partial charge is 0.355 e. The summed E-state index contributed by atoms with van der Waals surface area (Å²) in [5.74, 6) is 0.631. The Balaban J connectivity index is 1.47. The first kappa shape index (κ1) is 22.6. The Hall–Kier alpha value is -2.22. The van der Waals surface area contributed by atoms with Crippen LogP contribution in [0.15, 0.2) is 36.5 Å². The molecule has 6 nitrogen and oxygen atoms in total. The third-order valence-electron chi connectivity index (χ3n) is 7.32. The predicted octanol–water partition coefficient (Wildman–Crippen LogP) is 4.95. The summed E-state index contributed by atoms with van der Waals surface area (Å²) in [5, 5.41) is 0.660. The quantitative estimate of drug-likeness (QED) is 0.539. The average molecular weight is 471 g/mol. The molecule has 2 atom stereocenters. The zero-order valence-corrected chi connectivity index (χ0v) is 20.3. The Morgan fingerprint density at radius 3 is 2.42 bits per heavy atom. The van der Waals surface area contributed by atoms with Gasteiger partial charge in [-0.2, -0.15) is 4.39 Å². The molecule has 2 saturated heterocycles. The van der Waals surface area contributed by atoms with Crippen LogP contribution in [-0.4, -0.2) is 63.4 Å². The summed E-state index contributed by atoms with van der Waals surface area (Å²) in [6, 6.07) is 10.1. The molecule has 2 aliphatic heterocycles. The van der Waals surface area contributed by atoms with Gasteiger partial charge in [0.1, 0.15) is 17.2 Å². The van der Waals surface area contributed by atoms with Crippen LogP contribution >= 0.6 is 11.6 Å². The molecule has 2 aliphatic rings. The predicted molar refractivity (Wildman–Crippen MR) is 130 cm³/mol. The number of piperidine rings is 1. The van der Waals surface area contributed by atoms with E-state index in [4.69, 9.17) is 16.6 Å². The maximum absolute atomic E-state index is 16.0. The van der Waals surface area contributed by atoms with E-state index < -0.39 is 0 Å². The summed E-state index contributed by atoms with van der Waals surface area (Å²) in [4.78, 5) is 16.3. The minimum absolute atomic E-state index is 0.0465. The highest BCUT2D eigenvalue weighted by atomic mass is 35.5. The van der Waals surface area contributed by atoms with Crippen LogP contribution in [0.5, 0.6) is 0 Å². The molecule has 0 unspecified atom stereocenters. The number of likely N-dealkylation sites (tertiary alicyclic amines) is 1. The maximum atomic E-state index is 16.0. The molecule has 0 saturated carbocycles. The smallest absolute Gasteiger partial charge is 0.224 e. The zero-order chi connectivity index (χ0) is 23.1. The zero-order valence-electron chi connectivity index (χ0n) is 19.6. The molecule has 0 aliphatic carbocycles. The first-order valence-corrected chi connectivity index (χ1v) is 12.3. The van der Waals surface area contributed by atoms with E-state index in [2.05, 4.69) is 33.5 Å². The van der Waals surface area contributed by atoms with Crippen molar-refractivity contribution in [3.63, 3.8) is 0 Å². The second kappa shape index (κ2) is 9.20. The van der Waals surface area contributed by atoms with E-state index in [0.29, 0.717) is 22.4 Å². The van der Waals surface area contributed by atoms with Gasteiger partial charge in [0.2, 0.25) is 5.95 Å². The van der Waals surface area contributed by atoms with Crippen LogP contribution in [0.2, 0.25) is 5.02 Å². The molecule has 176 valence electrons. The number of piperazine rings is 1. The summed E-state index contributed by atoms with van der Waals surface area (Å²) in [6.07, 6.45) is 4.56. The third kappa shape index (κ3) is 4.11.